The summed E-state index contributed by atoms with van der Waals surface area (Å²) >= 11 is 0. The van der Waals surface area contributed by atoms with Crippen LogP contribution in [0.15, 0.2) is 23.1 Å². The second-order valence-electron chi connectivity index (χ2n) is 4.64. The number of hydrogen-bond acceptors (Lipinski definition) is 5. The number of benzene rings is 1. The quantitative estimate of drug-likeness (QED) is 0.645. The monoisotopic (exact) mass is 290 g/mol. The molecule has 9 heteroatoms. The van der Waals surface area contributed by atoms with Crippen LogP contribution in [0.1, 0.15) is 6.92 Å². The first-order valence-corrected chi connectivity index (χ1v) is 6.74. The highest BCUT2D eigenvalue weighted by Crippen LogP contribution is 2.30. The Hall–Kier alpha value is -1.58. The third kappa shape index (κ3) is 2.44. The minimum Gasteiger partial charge on any atom is -0.387 e. The molecule has 0 unspecified atom stereocenters. The van der Waals surface area contributed by atoms with Gasteiger partial charge in [0.1, 0.15) is 10.7 Å². The lowest BCUT2D eigenvalue weighted by Crippen LogP contribution is -2.61. The molecular formula is C10H11FN2O5S. The molecule has 0 atom stereocenters. The van der Waals surface area contributed by atoms with Gasteiger partial charge >= 0.3 is 0 Å². The van der Waals surface area contributed by atoms with Crippen molar-refractivity contribution in [2.75, 3.05) is 13.1 Å². The largest absolute Gasteiger partial charge is 0.387 e. The Kier molecular flexibility index (Phi) is 3.07. The summed E-state index contributed by atoms with van der Waals surface area (Å²) in [6, 6.07) is 2.34. The van der Waals surface area contributed by atoms with Crippen molar-refractivity contribution in [3.05, 3.63) is 34.1 Å². The van der Waals surface area contributed by atoms with E-state index in [9.17, 15) is 28.0 Å². The predicted molar refractivity (Wildman–Crippen MR) is 62.4 cm³/mol. The van der Waals surface area contributed by atoms with Crippen LogP contribution in [0.3, 0.4) is 0 Å². The van der Waals surface area contributed by atoms with Crippen molar-refractivity contribution in [1.82, 2.24) is 4.31 Å². The third-order valence-electron chi connectivity index (χ3n) is 2.78. The molecular weight excluding hydrogens is 279 g/mol. The highest BCUT2D eigenvalue weighted by molar-refractivity contribution is 7.89. The maximum atomic E-state index is 13.6. The van der Waals surface area contributed by atoms with Gasteiger partial charge in [0.25, 0.3) is 5.69 Å². The van der Waals surface area contributed by atoms with Crippen LogP contribution in [0.4, 0.5) is 10.1 Å². The number of β-amino-alcohol motifs (C(OH)–C–C–N with tert-alkyl or cyclic N) is 1. The van der Waals surface area contributed by atoms with E-state index < -0.39 is 36.9 Å². The van der Waals surface area contributed by atoms with E-state index in [1.54, 1.807) is 0 Å². The van der Waals surface area contributed by atoms with Gasteiger partial charge in [-0.3, -0.25) is 10.1 Å². The van der Waals surface area contributed by atoms with E-state index in [2.05, 4.69) is 0 Å². The van der Waals surface area contributed by atoms with Crippen LogP contribution >= 0.6 is 0 Å². The van der Waals surface area contributed by atoms with Crippen molar-refractivity contribution >= 4 is 15.7 Å². The lowest BCUT2D eigenvalue weighted by molar-refractivity contribution is -0.385. The van der Waals surface area contributed by atoms with Gasteiger partial charge in [-0.15, -0.1) is 0 Å². The average Bonchev–Trinajstić information content (AvgIpc) is 2.25. The Balaban J connectivity index is 2.35. The Morgan fingerprint density at radius 3 is 2.47 bits per heavy atom. The van der Waals surface area contributed by atoms with E-state index >= 15 is 0 Å². The van der Waals surface area contributed by atoms with Gasteiger partial charge in [0.15, 0.2) is 0 Å². The molecule has 1 aromatic carbocycles. The summed E-state index contributed by atoms with van der Waals surface area (Å²) in [7, 11) is -4.07. The number of nitro groups is 1. The summed E-state index contributed by atoms with van der Waals surface area (Å²) in [6.45, 7) is 1.20. The number of hydrogen-bond donors (Lipinski definition) is 1. The van der Waals surface area contributed by atoms with E-state index in [1.807, 2.05) is 0 Å². The fourth-order valence-electron chi connectivity index (χ4n) is 1.84. The van der Waals surface area contributed by atoms with Gasteiger partial charge in [-0.25, -0.2) is 12.8 Å². The molecule has 1 N–H and O–H groups in total. The zero-order chi connectivity index (χ0) is 14.4. The molecule has 0 aromatic heterocycles. The number of non-ortho nitro benzene ring substituents is 1. The smallest absolute Gasteiger partial charge is 0.272 e. The molecule has 104 valence electrons. The number of nitrogens with zero attached hydrogens (tertiary/aromatic N) is 2. The van der Waals surface area contributed by atoms with Gasteiger partial charge in [-0.05, 0) is 13.0 Å². The standard InChI is InChI=1S/C10H11FN2O5S/c1-10(14)5-12(6-10)19(17,18)9-3-2-7(13(15)16)4-8(9)11/h2-4,14H,5-6H2,1H3. The maximum Gasteiger partial charge on any atom is 0.272 e. The molecule has 1 saturated heterocycles. The normalized spacial score (nSPS) is 18.9. The van der Waals surface area contributed by atoms with E-state index in [-0.39, 0.29) is 13.1 Å². The molecule has 1 aromatic rings. The maximum absolute atomic E-state index is 13.6. The summed E-state index contributed by atoms with van der Waals surface area (Å²) in [5.41, 5.74) is -1.64. The van der Waals surface area contributed by atoms with Crippen LogP contribution in [0.5, 0.6) is 0 Å². The fourth-order valence-corrected chi connectivity index (χ4v) is 3.55. The van der Waals surface area contributed by atoms with Gasteiger partial charge in [0, 0.05) is 19.2 Å². The van der Waals surface area contributed by atoms with E-state index in [0.717, 1.165) is 16.4 Å². The second-order valence-corrected chi connectivity index (χ2v) is 6.55. The Labute approximate surface area is 108 Å². The Bertz CT molecular complexity index is 635. The summed E-state index contributed by atoms with van der Waals surface area (Å²) in [4.78, 5) is 9.00. The number of aliphatic hydroxyl groups is 1. The lowest BCUT2D eigenvalue weighted by Gasteiger charge is -2.42. The molecule has 0 saturated carbocycles. The van der Waals surface area contributed by atoms with Crippen LogP contribution in [0.2, 0.25) is 0 Å². The van der Waals surface area contributed by atoms with E-state index in [4.69, 9.17) is 0 Å². The van der Waals surface area contributed by atoms with E-state index in [0.29, 0.717) is 6.07 Å². The van der Waals surface area contributed by atoms with Crippen molar-refractivity contribution in [3.8, 4) is 0 Å². The minimum atomic E-state index is -4.07. The highest BCUT2D eigenvalue weighted by atomic mass is 32.2. The summed E-state index contributed by atoms with van der Waals surface area (Å²) in [6.07, 6.45) is 0. The Morgan fingerprint density at radius 1 is 1.47 bits per heavy atom. The highest BCUT2D eigenvalue weighted by Gasteiger charge is 2.44. The molecule has 1 fully saturated rings. The average molecular weight is 290 g/mol. The van der Waals surface area contributed by atoms with Crippen molar-refractivity contribution < 1.29 is 22.8 Å². The van der Waals surface area contributed by atoms with Gasteiger partial charge in [-0.1, -0.05) is 0 Å². The molecule has 1 aliphatic rings. The number of sulfonamides is 1. The van der Waals surface area contributed by atoms with E-state index in [1.165, 1.54) is 6.92 Å². The van der Waals surface area contributed by atoms with Crippen LogP contribution in [0.25, 0.3) is 0 Å². The molecule has 0 aliphatic carbocycles. The molecule has 2 rings (SSSR count). The van der Waals surface area contributed by atoms with Crippen LogP contribution < -0.4 is 0 Å². The zero-order valence-electron chi connectivity index (χ0n) is 9.91. The molecule has 0 bridgehead atoms. The number of halogens is 1. The number of nitro benzene ring substituents is 1. The first kappa shape index (κ1) is 13.8. The second kappa shape index (κ2) is 4.22. The first-order valence-electron chi connectivity index (χ1n) is 5.30. The molecule has 0 radical (unpaired) electrons. The van der Waals surface area contributed by atoms with Gasteiger partial charge in [0.2, 0.25) is 10.0 Å². The van der Waals surface area contributed by atoms with Crippen molar-refractivity contribution in [3.63, 3.8) is 0 Å². The molecule has 1 heterocycles. The lowest BCUT2D eigenvalue weighted by atomic mass is 10.0. The third-order valence-corrected chi connectivity index (χ3v) is 4.60. The van der Waals surface area contributed by atoms with Crippen molar-refractivity contribution in [1.29, 1.82) is 0 Å². The van der Waals surface area contributed by atoms with Crippen molar-refractivity contribution in [2.45, 2.75) is 17.4 Å². The van der Waals surface area contributed by atoms with Gasteiger partial charge < -0.3 is 5.11 Å². The summed E-state index contributed by atoms with van der Waals surface area (Å²) < 4.78 is 38.6. The molecule has 1 aliphatic heterocycles. The zero-order valence-corrected chi connectivity index (χ0v) is 10.7. The topological polar surface area (TPSA) is 101 Å². The first-order chi connectivity index (χ1) is 8.63. The summed E-state index contributed by atoms with van der Waals surface area (Å²) in [5, 5.41) is 19.9. The molecule has 7 nitrogen and oxygen atoms in total. The minimum absolute atomic E-state index is 0.133. The molecule has 0 spiro atoms. The number of rotatable bonds is 3. The molecule has 19 heavy (non-hydrogen) atoms. The SMILES string of the molecule is CC1(O)CN(S(=O)(=O)c2ccc([N+](=O)[O-])cc2F)C1. The van der Waals surface area contributed by atoms with Gasteiger partial charge in [-0.2, -0.15) is 4.31 Å². The fraction of sp³-hybridized carbons (Fsp3) is 0.400. The predicted octanol–water partition coefficient (Wildman–Crippen LogP) is 0.489. The van der Waals surface area contributed by atoms with Crippen LogP contribution in [-0.2, 0) is 10.0 Å². The van der Waals surface area contributed by atoms with Crippen LogP contribution in [-0.4, -0.2) is 41.4 Å². The molecule has 0 amide bonds. The Morgan fingerprint density at radius 2 is 2.05 bits per heavy atom. The van der Waals surface area contributed by atoms with Crippen molar-refractivity contribution in [2.24, 2.45) is 0 Å². The van der Waals surface area contributed by atoms with Crippen LogP contribution in [0, 0.1) is 15.9 Å². The summed E-state index contributed by atoms with van der Waals surface area (Å²) in [5.74, 6) is -1.18. The van der Waals surface area contributed by atoms with Gasteiger partial charge in [0.05, 0.1) is 16.6 Å².